The molecule has 0 spiro atoms. The summed E-state index contributed by atoms with van der Waals surface area (Å²) in [5.41, 5.74) is -0.232. The van der Waals surface area contributed by atoms with E-state index in [0.717, 1.165) is 19.4 Å². The van der Waals surface area contributed by atoms with E-state index in [9.17, 15) is 4.79 Å². The van der Waals surface area contributed by atoms with Crippen molar-refractivity contribution in [2.45, 2.75) is 59.0 Å². The highest BCUT2D eigenvalue weighted by Gasteiger charge is 2.37. The van der Waals surface area contributed by atoms with Crippen LogP contribution in [0.15, 0.2) is 0 Å². The van der Waals surface area contributed by atoms with Crippen molar-refractivity contribution in [2.75, 3.05) is 6.54 Å². The van der Waals surface area contributed by atoms with Crippen LogP contribution >= 0.6 is 0 Å². The zero-order valence-electron chi connectivity index (χ0n) is 10.6. The standard InChI is InChI=1S/C12H24N2O/c1-9(11(2,3)4)14-10(15)12(5)7-6-8-13-12/h9,13H,6-8H2,1-5H3,(H,14,15). The highest BCUT2D eigenvalue weighted by Crippen LogP contribution is 2.22. The van der Waals surface area contributed by atoms with Crippen molar-refractivity contribution < 1.29 is 4.79 Å². The van der Waals surface area contributed by atoms with Crippen LogP contribution < -0.4 is 10.6 Å². The minimum Gasteiger partial charge on any atom is -0.352 e. The lowest BCUT2D eigenvalue weighted by Gasteiger charge is -2.32. The lowest BCUT2D eigenvalue weighted by molar-refractivity contribution is -0.127. The normalized spacial score (nSPS) is 28.9. The Morgan fingerprint density at radius 2 is 2.07 bits per heavy atom. The molecule has 0 bridgehead atoms. The van der Waals surface area contributed by atoms with E-state index >= 15 is 0 Å². The lowest BCUT2D eigenvalue weighted by Crippen LogP contribution is -2.55. The monoisotopic (exact) mass is 212 g/mol. The maximum absolute atomic E-state index is 12.1. The molecule has 15 heavy (non-hydrogen) atoms. The highest BCUT2D eigenvalue weighted by molar-refractivity contribution is 5.86. The maximum atomic E-state index is 12.1. The molecule has 88 valence electrons. The molecule has 2 unspecified atom stereocenters. The number of hydrogen-bond acceptors (Lipinski definition) is 2. The summed E-state index contributed by atoms with van der Waals surface area (Å²) in [5, 5.41) is 6.38. The van der Waals surface area contributed by atoms with Gasteiger partial charge in [0.1, 0.15) is 0 Å². The number of nitrogens with one attached hydrogen (secondary N) is 2. The van der Waals surface area contributed by atoms with Crippen LogP contribution in [0.25, 0.3) is 0 Å². The second kappa shape index (κ2) is 4.12. The summed E-state index contributed by atoms with van der Waals surface area (Å²) < 4.78 is 0. The topological polar surface area (TPSA) is 41.1 Å². The third-order valence-corrected chi connectivity index (χ3v) is 3.52. The molecule has 2 N–H and O–H groups in total. The van der Waals surface area contributed by atoms with Crippen LogP contribution in [-0.4, -0.2) is 24.0 Å². The first-order valence-electron chi connectivity index (χ1n) is 5.82. The summed E-state index contributed by atoms with van der Waals surface area (Å²) in [7, 11) is 0. The number of amides is 1. The molecule has 1 heterocycles. The Labute approximate surface area is 93.0 Å². The van der Waals surface area contributed by atoms with E-state index in [1.807, 2.05) is 6.92 Å². The van der Waals surface area contributed by atoms with Gasteiger partial charge >= 0.3 is 0 Å². The summed E-state index contributed by atoms with van der Waals surface area (Å²) in [6.45, 7) is 11.4. The van der Waals surface area contributed by atoms with Crippen molar-refractivity contribution in [2.24, 2.45) is 5.41 Å². The second-order valence-electron chi connectivity index (χ2n) is 5.92. The fourth-order valence-corrected chi connectivity index (χ4v) is 1.66. The molecule has 1 amide bonds. The molecule has 1 fully saturated rings. The van der Waals surface area contributed by atoms with Gasteiger partial charge in [-0.2, -0.15) is 0 Å². The van der Waals surface area contributed by atoms with Crippen molar-refractivity contribution in [3.8, 4) is 0 Å². The average molecular weight is 212 g/mol. The molecule has 0 saturated carbocycles. The summed E-state index contributed by atoms with van der Waals surface area (Å²) >= 11 is 0. The predicted octanol–water partition coefficient (Wildman–Crippen LogP) is 1.68. The molecule has 0 aromatic heterocycles. The van der Waals surface area contributed by atoms with Gasteiger partial charge in [0.05, 0.1) is 5.54 Å². The van der Waals surface area contributed by atoms with Crippen LogP contribution in [0.3, 0.4) is 0 Å². The predicted molar refractivity (Wildman–Crippen MR) is 62.7 cm³/mol. The lowest BCUT2D eigenvalue weighted by atomic mass is 9.87. The smallest absolute Gasteiger partial charge is 0.240 e. The number of hydrogen-bond donors (Lipinski definition) is 2. The van der Waals surface area contributed by atoms with Crippen LogP contribution in [0.5, 0.6) is 0 Å². The molecule has 3 nitrogen and oxygen atoms in total. The van der Waals surface area contributed by atoms with Gasteiger partial charge in [0.2, 0.25) is 5.91 Å². The first-order chi connectivity index (χ1) is 6.76. The first-order valence-corrected chi connectivity index (χ1v) is 5.82. The molecule has 1 aliphatic heterocycles. The molecule has 0 aromatic carbocycles. The Morgan fingerprint density at radius 1 is 1.47 bits per heavy atom. The van der Waals surface area contributed by atoms with Gasteiger partial charge in [-0.25, -0.2) is 0 Å². The third-order valence-electron chi connectivity index (χ3n) is 3.52. The van der Waals surface area contributed by atoms with Crippen LogP contribution in [0.4, 0.5) is 0 Å². The molecule has 0 radical (unpaired) electrons. The van der Waals surface area contributed by atoms with E-state index < -0.39 is 0 Å². The van der Waals surface area contributed by atoms with Crippen molar-refractivity contribution in [1.29, 1.82) is 0 Å². The Balaban J connectivity index is 2.55. The fourth-order valence-electron chi connectivity index (χ4n) is 1.66. The van der Waals surface area contributed by atoms with E-state index in [4.69, 9.17) is 0 Å². The molecule has 0 aliphatic carbocycles. The largest absolute Gasteiger partial charge is 0.352 e. The molecule has 1 saturated heterocycles. The van der Waals surface area contributed by atoms with Crippen molar-refractivity contribution in [1.82, 2.24) is 10.6 Å². The molecular formula is C12H24N2O. The summed E-state index contributed by atoms with van der Waals surface area (Å²) in [6, 6.07) is 0.198. The number of rotatable bonds is 2. The van der Waals surface area contributed by atoms with Gasteiger partial charge in [-0.1, -0.05) is 20.8 Å². The van der Waals surface area contributed by atoms with Crippen molar-refractivity contribution in [3.63, 3.8) is 0 Å². The quantitative estimate of drug-likeness (QED) is 0.731. The van der Waals surface area contributed by atoms with E-state index in [1.54, 1.807) is 0 Å². The second-order valence-corrected chi connectivity index (χ2v) is 5.92. The summed E-state index contributed by atoms with van der Waals surface area (Å²) in [6.07, 6.45) is 2.03. The van der Waals surface area contributed by atoms with Gasteiger partial charge in [-0.15, -0.1) is 0 Å². The van der Waals surface area contributed by atoms with Gasteiger partial charge in [0, 0.05) is 6.04 Å². The van der Waals surface area contributed by atoms with Gasteiger partial charge in [-0.05, 0) is 38.6 Å². The SMILES string of the molecule is CC(NC(=O)C1(C)CCCN1)C(C)(C)C. The molecule has 3 heteroatoms. The third kappa shape index (κ3) is 2.94. The number of carbonyl (C=O) groups excluding carboxylic acids is 1. The van der Waals surface area contributed by atoms with E-state index in [0.29, 0.717) is 0 Å². The van der Waals surface area contributed by atoms with Gasteiger partial charge in [0.15, 0.2) is 0 Å². The van der Waals surface area contributed by atoms with Gasteiger partial charge in [-0.3, -0.25) is 4.79 Å². The van der Waals surface area contributed by atoms with Gasteiger partial charge < -0.3 is 10.6 Å². The van der Waals surface area contributed by atoms with Crippen LogP contribution in [-0.2, 0) is 4.79 Å². The number of carbonyl (C=O) groups is 1. The Kier molecular flexibility index (Phi) is 3.44. The Hall–Kier alpha value is -0.570. The zero-order valence-corrected chi connectivity index (χ0v) is 10.6. The first kappa shape index (κ1) is 12.5. The van der Waals surface area contributed by atoms with E-state index in [1.165, 1.54) is 0 Å². The summed E-state index contributed by atoms with van der Waals surface area (Å²) in [4.78, 5) is 12.1. The average Bonchev–Trinajstić information content (AvgIpc) is 2.51. The minimum atomic E-state index is -0.348. The zero-order chi connectivity index (χ0) is 11.7. The fraction of sp³-hybridized carbons (Fsp3) is 0.917. The Morgan fingerprint density at radius 3 is 2.47 bits per heavy atom. The molecular weight excluding hydrogens is 188 g/mol. The Bertz CT molecular complexity index is 236. The van der Waals surface area contributed by atoms with Gasteiger partial charge in [0.25, 0.3) is 0 Å². The minimum absolute atomic E-state index is 0.116. The maximum Gasteiger partial charge on any atom is 0.240 e. The van der Waals surface area contributed by atoms with Crippen LogP contribution in [0.2, 0.25) is 0 Å². The van der Waals surface area contributed by atoms with Crippen molar-refractivity contribution >= 4 is 5.91 Å². The highest BCUT2D eigenvalue weighted by atomic mass is 16.2. The van der Waals surface area contributed by atoms with E-state index in [-0.39, 0.29) is 22.9 Å². The summed E-state index contributed by atoms with van der Waals surface area (Å²) in [5.74, 6) is 0.141. The van der Waals surface area contributed by atoms with Crippen molar-refractivity contribution in [3.05, 3.63) is 0 Å². The molecule has 1 aliphatic rings. The molecule has 0 aromatic rings. The molecule has 1 rings (SSSR count). The van der Waals surface area contributed by atoms with E-state index in [2.05, 4.69) is 38.3 Å². The van der Waals surface area contributed by atoms with Crippen LogP contribution in [0.1, 0.15) is 47.5 Å². The van der Waals surface area contributed by atoms with Crippen LogP contribution in [0, 0.1) is 5.41 Å². The molecule has 2 atom stereocenters.